The highest BCUT2D eigenvalue weighted by Crippen LogP contribution is 2.25. The van der Waals surface area contributed by atoms with Gasteiger partial charge >= 0.3 is 0 Å². The highest BCUT2D eigenvalue weighted by Gasteiger charge is 2.26. The summed E-state index contributed by atoms with van der Waals surface area (Å²) in [5, 5.41) is 3.02. The normalized spacial score (nSPS) is 18.1. The van der Waals surface area contributed by atoms with Crippen LogP contribution in [0.15, 0.2) is 36.8 Å². The molecule has 0 saturated carbocycles. The lowest BCUT2D eigenvalue weighted by Crippen LogP contribution is -2.41. The van der Waals surface area contributed by atoms with Crippen LogP contribution in [0, 0.1) is 5.92 Å². The van der Waals surface area contributed by atoms with Crippen LogP contribution in [0.5, 0.6) is 0 Å². The Bertz CT molecular complexity index is 769. The molecule has 148 valence electrons. The molecule has 0 atom stereocenters. The van der Waals surface area contributed by atoms with Gasteiger partial charge in [-0.3, -0.25) is 9.78 Å². The Hall–Kier alpha value is -2.70. The van der Waals surface area contributed by atoms with Crippen LogP contribution in [0.1, 0.15) is 37.8 Å². The second-order valence-corrected chi connectivity index (χ2v) is 7.58. The van der Waals surface area contributed by atoms with Crippen LogP contribution in [-0.2, 0) is 11.3 Å². The number of pyridine rings is 1. The molecule has 0 aliphatic carbocycles. The van der Waals surface area contributed by atoms with Crippen molar-refractivity contribution < 1.29 is 4.79 Å². The molecule has 2 aliphatic heterocycles. The zero-order chi connectivity index (χ0) is 19.2. The van der Waals surface area contributed by atoms with Gasteiger partial charge in [0.25, 0.3) is 0 Å². The molecule has 28 heavy (non-hydrogen) atoms. The van der Waals surface area contributed by atoms with Crippen molar-refractivity contribution in [1.82, 2.24) is 20.3 Å². The number of carbonyl (C=O) groups is 1. The fourth-order valence-electron chi connectivity index (χ4n) is 4.00. The van der Waals surface area contributed by atoms with E-state index in [0.717, 1.165) is 56.4 Å². The first-order valence-corrected chi connectivity index (χ1v) is 10.3. The summed E-state index contributed by atoms with van der Waals surface area (Å²) < 4.78 is 0. The first kappa shape index (κ1) is 18.7. The van der Waals surface area contributed by atoms with Crippen molar-refractivity contribution in [3.05, 3.63) is 42.5 Å². The fraction of sp³-hybridized carbons (Fsp3) is 0.524. The molecule has 7 heteroatoms. The Morgan fingerprint density at radius 3 is 2.36 bits per heavy atom. The van der Waals surface area contributed by atoms with Crippen LogP contribution in [0.2, 0.25) is 0 Å². The zero-order valence-electron chi connectivity index (χ0n) is 16.3. The molecule has 2 aliphatic rings. The third-order valence-electron chi connectivity index (χ3n) is 5.68. The molecule has 2 saturated heterocycles. The summed E-state index contributed by atoms with van der Waals surface area (Å²) in [6.07, 6.45) is 8.89. The second kappa shape index (κ2) is 8.99. The third-order valence-corrected chi connectivity index (χ3v) is 5.68. The number of carbonyl (C=O) groups excluding carboxylic acids is 1. The minimum absolute atomic E-state index is 0.0587. The van der Waals surface area contributed by atoms with Gasteiger partial charge in [-0.05, 0) is 44.2 Å². The quantitative estimate of drug-likeness (QED) is 0.859. The Morgan fingerprint density at radius 1 is 0.964 bits per heavy atom. The molecular formula is C21H28N6O. The van der Waals surface area contributed by atoms with E-state index in [0.29, 0.717) is 6.54 Å². The lowest BCUT2D eigenvalue weighted by Gasteiger charge is -2.33. The zero-order valence-corrected chi connectivity index (χ0v) is 16.3. The van der Waals surface area contributed by atoms with E-state index in [-0.39, 0.29) is 11.8 Å². The fourth-order valence-corrected chi connectivity index (χ4v) is 4.00. The minimum atomic E-state index is 0.0587. The van der Waals surface area contributed by atoms with Gasteiger partial charge in [0, 0.05) is 44.4 Å². The van der Waals surface area contributed by atoms with Gasteiger partial charge in [0.2, 0.25) is 5.91 Å². The predicted molar refractivity (Wildman–Crippen MR) is 109 cm³/mol. The van der Waals surface area contributed by atoms with Gasteiger partial charge in [-0.2, -0.15) is 0 Å². The molecule has 2 aromatic heterocycles. The SMILES string of the molecule is O=C(NCc1ccccn1)C1CCN(c2cc(N3CCCCC3)ncn2)CC1. The van der Waals surface area contributed by atoms with Crippen molar-refractivity contribution in [2.45, 2.75) is 38.6 Å². The Balaban J connectivity index is 1.29. The lowest BCUT2D eigenvalue weighted by molar-refractivity contribution is -0.125. The molecule has 0 aromatic carbocycles. The van der Waals surface area contributed by atoms with Crippen LogP contribution < -0.4 is 15.1 Å². The molecule has 0 unspecified atom stereocenters. The van der Waals surface area contributed by atoms with E-state index in [9.17, 15) is 4.79 Å². The number of hydrogen-bond acceptors (Lipinski definition) is 6. The standard InChI is InChI=1S/C21H28N6O/c28-21(23-15-18-6-2-3-9-22-18)17-7-12-27(13-8-17)20-14-19(24-16-25-20)26-10-4-1-5-11-26/h2-3,6,9,14,16-17H,1,4-5,7-8,10-13,15H2,(H,23,28). The molecule has 1 amide bonds. The maximum absolute atomic E-state index is 12.5. The Morgan fingerprint density at radius 2 is 1.68 bits per heavy atom. The van der Waals surface area contributed by atoms with Crippen LogP contribution in [-0.4, -0.2) is 47.0 Å². The number of nitrogens with zero attached hydrogens (tertiary/aromatic N) is 5. The molecule has 7 nitrogen and oxygen atoms in total. The summed E-state index contributed by atoms with van der Waals surface area (Å²) in [7, 11) is 0. The van der Waals surface area contributed by atoms with Gasteiger partial charge in [-0.1, -0.05) is 6.07 Å². The number of aromatic nitrogens is 3. The van der Waals surface area contributed by atoms with Gasteiger partial charge in [-0.25, -0.2) is 9.97 Å². The van der Waals surface area contributed by atoms with Gasteiger partial charge in [-0.15, -0.1) is 0 Å². The topological polar surface area (TPSA) is 74.2 Å². The van der Waals surface area contributed by atoms with Gasteiger partial charge < -0.3 is 15.1 Å². The highest BCUT2D eigenvalue weighted by atomic mass is 16.1. The van der Waals surface area contributed by atoms with E-state index in [4.69, 9.17) is 0 Å². The molecule has 4 rings (SSSR count). The van der Waals surface area contributed by atoms with E-state index in [1.165, 1.54) is 19.3 Å². The number of nitrogens with one attached hydrogen (secondary N) is 1. The van der Waals surface area contributed by atoms with Crippen molar-refractivity contribution >= 4 is 17.5 Å². The summed E-state index contributed by atoms with van der Waals surface area (Å²) >= 11 is 0. The van der Waals surface area contributed by atoms with Gasteiger partial charge in [0.1, 0.15) is 18.0 Å². The van der Waals surface area contributed by atoms with Crippen LogP contribution >= 0.6 is 0 Å². The van der Waals surface area contributed by atoms with Gasteiger partial charge in [0.15, 0.2) is 0 Å². The van der Waals surface area contributed by atoms with Crippen LogP contribution in [0.3, 0.4) is 0 Å². The summed E-state index contributed by atoms with van der Waals surface area (Å²) in [5.74, 6) is 2.19. The molecular weight excluding hydrogens is 352 g/mol. The van der Waals surface area contributed by atoms with E-state index in [2.05, 4.69) is 36.1 Å². The summed E-state index contributed by atoms with van der Waals surface area (Å²) in [6, 6.07) is 7.85. The number of rotatable bonds is 5. The second-order valence-electron chi connectivity index (χ2n) is 7.58. The number of amides is 1. The predicted octanol–water partition coefficient (Wildman–Crippen LogP) is 2.39. The van der Waals surface area contributed by atoms with Gasteiger partial charge in [0.05, 0.1) is 12.2 Å². The van der Waals surface area contributed by atoms with Crippen molar-refractivity contribution in [3.8, 4) is 0 Å². The summed E-state index contributed by atoms with van der Waals surface area (Å²) in [4.78, 5) is 30.3. The van der Waals surface area contributed by atoms with Crippen molar-refractivity contribution in [2.24, 2.45) is 5.92 Å². The van der Waals surface area contributed by atoms with E-state index >= 15 is 0 Å². The minimum Gasteiger partial charge on any atom is -0.356 e. The first-order chi connectivity index (χ1) is 13.8. The lowest BCUT2D eigenvalue weighted by atomic mass is 9.96. The maximum atomic E-state index is 12.5. The van der Waals surface area contributed by atoms with E-state index < -0.39 is 0 Å². The Labute approximate surface area is 166 Å². The van der Waals surface area contributed by atoms with E-state index in [1.807, 2.05) is 18.2 Å². The van der Waals surface area contributed by atoms with Crippen molar-refractivity contribution in [2.75, 3.05) is 36.0 Å². The molecule has 0 bridgehead atoms. The number of anilines is 2. The molecule has 0 radical (unpaired) electrons. The molecule has 4 heterocycles. The molecule has 2 fully saturated rings. The summed E-state index contributed by atoms with van der Waals surface area (Å²) in [6.45, 7) is 4.34. The first-order valence-electron chi connectivity index (χ1n) is 10.3. The smallest absolute Gasteiger partial charge is 0.223 e. The van der Waals surface area contributed by atoms with Crippen LogP contribution in [0.4, 0.5) is 11.6 Å². The largest absolute Gasteiger partial charge is 0.356 e. The summed E-state index contributed by atoms with van der Waals surface area (Å²) in [5.41, 5.74) is 0.888. The van der Waals surface area contributed by atoms with Crippen molar-refractivity contribution in [1.29, 1.82) is 0 Å². The highest BCUT2D eigenvalue weighted by molar-refractivity contribution is 5.78. The number of piperidine rings is 2. The average Bonchev–Trinajstić information content (AvgIpc) is 2.79. The third kappa shape index (κ3) is 4.58. The van der Waals surface area contributed by atoms with Crippen LogP contribution in [0.25, 0.3) is 0 Å². The Kier molecular flexibility index (Phi) is 5.99. The maximum Gasteiger partial charge on any atom is 0.223 e. The average molecular weight is 380 g/mol. The monoisotopic (exact) mass is 380 g/mol. The number of hydrogen-bond donors (Lipinski definition) is 1. The van der Waals surface area contributed by atoms with E-state index in [1.54, 1.807) is 12.5 Å². The molecule has 1 N–H and O–H groups in total. The molecule has 0 spiro atoms. The molecule has 2 aromatic rings. The van der Waals surface area contributed by atoms with Crippen molar-refractivity contribution in [3.63, 3.8) is 0 Å².